The van der Waals surface area contributed by atoms with Crippen molar-refractivity contribution in [1.29, 1.82) is 0 Å². The minimum atomic E-state index is -0.0224. The number of rotatable bonds is 3. The van der Waals surface area contributed by atoms with E-state index in [9.17, 15) is 4.79 Å². The van der Waals surface area contributed by atoms with E-state index in [1.165, 1.54) is 0 Å². The van der Waals surface area contributed by atoms with Gasteiger partial charge >= 0.3 is 0 Å². The summed E-state index contributed by atoms with van der Waals surface area (Å²) in [5, 5.41) is 4.43. The maximum atomic E-state index is 13.3. The quantitative estimate of drug-likeness (QED) is 0.834. The Hall–Kier alpha value is -2.54. The maximum absolute atomic E-state index is 13.3. The van der Waals surface area contributed by atoms with Crippen LogP contribution in [0.5, 0.6) is 11.5 Å². The van der Waals surface area contributed by atoms with Gasteiger partial charge in [0.05, 0.1) is 17.8 Å². The van der Waals surface area contributed by atoms with Gasteiger partial charge in [-0.1, -0.05) is 6.07 Å². The standard InChI is InChI=1S/C19H24N4O3/c1-21(2)10-14-11-22(13-15-6-7-20-23(15)12-14)19(24)16-4-3-5-17-18(16)26-9-8-25-17/h3-7,14H,8-13H2,1-2H3. The molecule has 138 valence electrons. The molecule has 26 heavy (non-hydrogen) atoms. The maximum Gasteiger partial charge on any atom is 0.258 e. The summed E-state index contributed by atoms with van der Waals surface area (Å²) in [6.45, 7) is 3.93. The zero-order chi connectivity index (χ0) is 18.1. The van der Waals surface area contributed by atoms with Crippen LogP contribution in [0.3, 0.4) is 0 Å². The highest BCUT2D eigenvalue weighted by atomic mass is 16.6. The Morgan fingerprint density at radius 3 is 2.92 bits per heavy atom. The summed E-state index contributed by atoms with van der Waals surface area (Å²) in [6, 6.07) is 7.50. The van der Waals surface area contributed by atoms with E-state index in [2.05, 4.69) is 24.1 Å². The van der Waals surface area contributed by atoms with Crippen molar-refractivity contribution in [3.63, 3.8) is 0 Å². The first-order valence-corrected chi connectivity index (χ1v) is 8.95. The Labute approximate surface area is 153 Å². The van der Waals surface area contributed by atoms with Crippen LogP contribution in [-0.4, -0.2) is 65.9 Å². The molecule has 1 atom stereocenters. The number of carbonyl (C=O) groups is 1. The lowest BCUT2D eigenvalue weighted by atomic mass is 10.1. The molecular formula is C19H24N4O3. The van der Waals surface area contributed by atoms with Crippen LogP contribution in [0.2, 0.25) is 0 Å². The van der Waals surface area contributed by atoms with Gasteiger partial charge in [0.25, 0.3) is 5.91 Å². The fourth-order valence-electron chi connectivity index (χ4n) is 3.73. The van der Waals surface area contributed by atoms with Crippen LogP contribution in [0.25, 0.3) is 0 Å². The van der Waals surface area contributed by atoms with E-state index in [0.29, 0.717) is 49.3 Å². The first kappa shape index (κ1) is 16.9. The number of fused-ring (bicyclic) bond motifs is 2. The largest absolute Gasteiger partial charge is 0.486 e. The molecule has 0 saturated carbocycles. The normalized spacial score (nSPS) is 19.2. The molecule has 0 radical (unpaired) electrons. The van der Waals surface area contributed by atoms with Crippen molar-refractivity contribution in [3.8, 4) is 11.5 Å². The van der Waals surface area contributed by atoms with E-state index in [1.807, 2.05) is 33.8 Å². The first-order chi connectivity index (χ1) is 12.6. The second kappa shape index (κ2) is 6.99. The summed E-state index contributed by atoms with van der Waals surface area (Å²) < 4.78 is 13.4. The van der Waals surface area contributed by atoms with Crippen molar-refractivity contribution in [2.75, 3.05) is 40.4 Å². The van der Waals surface area contributed by atoms with Crippen molar-refractivity contribution >= 4 is 5.91 Å². The van der Waals surface area contributed by atoms with Gasteiger partial charge in [-0.05, 0) is 32.3 Å². The molecule has 0 aliphatic carbocycles. The zero-order valence-corrected chi connectivity index (χ0v) is 15.2. The van der Waals surface area contributed by atoms with E-state index in [-0.39, 0.29) is 5.91 Å². The average molecular weight is 356 g/mol. The van der Waals surface area contributed by atoms with Gasteiger partial charge in [-0.15, -0.1) is 0 Å². The number of hydrogen-bond donors (Lipinski definition) is 0. The molecule has 7 nitrogen and oxygen atoms in total. The molecule has 7 heteroatoms. The topological polar surface area (TPSA) is 59.8 Å². The van der Waals surface area contributed by atoms with Crippen molar-refractivity contribution < 1.29 is 14.3 Å². The predicted molar refractivity (Wildman–Crippen MR) is 96.4 cm³/mol. The number of ether oxygens (including phenoxy) is 2. The molecule has 2 aromatic rings. The average Bonchev–Trinajstić information content (AvgIpc) is 2.99. The summed E-state index contributed by atoms with van der Waals surface area (Å²) in [4.78, 5) is 17.4. The van der Waals surface area contributed by atoms with E-state index in [4.69, 9.17) is 9.47 Å². The molecule has 4 rings (SSSR count). The number of para-hydroxylation sites is 1. The highest BCUT2D eigenvalue weighted by molar-refractivity contribution is 5.97. The zero-order valence-electron chi connectivity index (χ0n) is 15.2. The summed E-state index contributed by atoms with van der Waals surface area (Å²) in [6.07, 6.45) is 1.80. The molecule has 0 bridgehead atoms. The number of hydrogen-bond acceptors (Lipinski definition) is 5. The van der Waals surface area contributed by atoms with Crippen LogP contribution < -0.4 is 9.47 Å². The molecule has 1 aromatic carbocycles. The number of benzene rings is 1. The molecule has 1 aromatic heterocycles. The van der Waals surface area contributed by atoms with Gasteiger partial charge in [-0.2, -0.15) is 5.10 Å². The Morgan fingerprint density at radius 2 is 2.08 bits per heavy atom. The molecule has 0 spiro atoms. The third kappa shape index (κ3) is 3.26. The first-order valence-electron chi connectivity index (χ1n) is 8.95. The number of nitrogens with zero attached hydrogens (tertiary/aromatic N) is 4. The Balaban J connectivity index is 1.64. The van der Waals surface area contributed by atoms with Crippen LogP contribution in [0.4, 0.5) is 0 Å². The summed E-state index contributed by atoms with van der Waals surface area (Å²) >= 11 is 0. The lowest BCUT2D eigenvalue weighted by molar-refractivity contribution is 0.0701. The molecule has 1 unspecified atom stereocenters. The fourth-order valence-corrected chi connectivity index (χ4v) is 3.73. The van der Waals surface area contributed by atoms with E-state index < -0.39 is 0 Å². The van der Waals surface area contributed by atoms with Crippen molar-refractivity contribution in [1.82, 2.24) is 19.6 Å². The van der Waals surface area contributed by atoms with Gasteiger partial charge in [0.15, 0.2) is 11.5 Å². The summed E-state index contributed by atoms with van der Waals surface area (Å²) in [7, 11) is 4.11. The van der Waals surface area contributed by atoms with Gasteiger partial charge in [0.2, 0.25) is 0 Å². The molecule has 0 saturated heterocycles. The molecular weight excluding hydrogens is 332 g/mol. The third-order valence-corrected chi connectivity index (χ3v) is 4.77. The second-order valence-corrected chi connectivity index (χ2v) is 7.15. The van der Waals surface area contributed by atoms with Gasteiger partial charge < -0.3 is 19.3 Å². The van der Waals surface area contributed by atoms with Gasteiger partial charge in [0.1, 0.15) is 13.2 Å². The van der Waals surface area contributed by atoms with E-state index >= 15 is 0 Å². The third-order valence-electron chi connectivity index (χ3n) is 4.77. The molecule has 0 fully saturated rings. The number of carbonyl (C=O) groups excluding carboxylic acids is 1. The van der Waals surface area contributed by atoms with Crippen LogP contribution in [0.1, 0.15) is 16.1 Å². The van der Waals surface area contributed by atoms with Crippen LogP contribution in [-0.2, 0) is 13.1 Å². The van der Waals surface area contributed by atoms with E-state index in [1.54, 1.807) is 6.20 Å². The Morgan fingerprint density at radius 1 is 1.23 bits per heavy atom. The molecule has 2 aliphatic heterocycles. The highest BCUT2D eigenvalue weighted by Crippen LogP contribution is 2.34. The molecule has 0 N–H and O–H groups in total. The van der Waals surface area contributed by atoms with Gasteiger partial charge in [-0.25, -0.2) is 0 Å². The Kier molecular flexibility index (Phi) is 4.55. The number of amides is 1. The van der Waals surface area contributed by atoms with Crippen LogP contribution in [0.15, 0.2) is 30.5 Å². The minimum absolute atomic E-state index is 0.0224. The molecule has 3 heterocycles. The lowest BCUT2D eigenvalue weighted by Gasteiger charge is -2.27. The van der Waals surface area contributed by atoms with Crippen LogP contribution in [0, 0.1) is 5.92 Å². The van der Waals surface area contributed by atoms with E-state index in [0.717, 1.165) is 18.8 Å². The van der Waals surface area contributed by atoms with Gasteiger partial charge in [0, 0.05) is 31.7 Å². The van der Waals surface area contributed by atoms with Crippen molar-refractivity contribution in [2.24, 2.45) is 5.92 Å². The minimum Gasteiger partial charge on any atom is -0.486 e. The SMILES string of the molecule is CN(C)CC1CN(C(=O)c2cccc3c2OCCO3)Cc2ccnn2C1. The summed E-state index contributed by atoms with van der Waals surface area (Å²) in [5.74, 6) is 1.50. The highest BCUT2D eigenvalue weighted by Gasteiger charge is 2.29. The van der Waals surface area contributed by atoms with Gasteiger partial charge in [-0.3, -0.25) is 9.48 Å². The smallest absolute Gasteiger partial charge is 0.258 e. The fraction of sp³-hybridized carbons (Fsp3) is 0.474. The number of aromatic nitrogens is 2. The summed E-state index contributed by atoms with van der Waals surface area (Å²) in [5.41, 5.74) is 1.63. The van der Waals surface area contributed by atoms with Crippen molar-refractivity contribution in [2.45, 2.75) is 13.1 Å². The molecule has 2 aliphatic rings. The second-order valence-electron chi connectivity index (χ2n) is 7.15. The monoisotopic (exact) mass is 356 g/mol. The van der Waals surface area contributed by atoms with Crippen molar-refractivity contribution in [3.05, 3.63) is 41.7 Å². The predicted octanol–water partition coefficient (Wildman–Crippen LogP) is 1.49. The Bertz CT molecular complexity index is 802. The van der Waals surface area contributed by atoms with Crippen LogP contribution >= 0.6 is 0 Å². The lowest BCUT2D eigenvalue weighted by Crippen LogP contribution is -2.37. The molecule has 1 amide bonds.